The Labute approximate surface area is 142 Å². The van der Waals surface area contributed by atoms with Crippen molar-refractivity contribution in [2.45, 2.75) is 0 Å². The topological polar surface area (TPSA) is 9.23 Å². The quantitative estimate of drug-likeness (QED) is 0.439. The molecule has 0 aliphatic carbocycles. The molecule has 4 rings (SSSR count). The Balaban J connectivity index is 2.01. The molecule has 0 saturated heterocycles. The van der Waals surface area contributed by atoms with Crippen LogP contribution < -0.4 is 4.74 Å². The van der Waals surface area contributed by atoms with E-state index in [1.165, 1.54) is 27.5 Å². The molecule has 0 aromatic heterocycles. The number of rotatable bonds is 3. The molecular formula is C23H18O. The van der Waals surface area contributed by atoms with Crippen LogP contribution in [0.25, 0.3) is 33.0 Å². The molecule has 4 aromatic rings. The molecule has 0 saturated carbocycles. The lowest BCUT2D eigenvalue weighted by Crippen LogP contribution is -1.90. The smallest absolute Gasteiger partial charge is 0.126 e. The van der Waals surface area contributed by atoms with E-state index in [0.29, 0.717) is 0 Å². The molecule has 116 valence electrons. The van der Waals surface area contributed by atoms with Crippen molar-refractivity contribution < 1.29 is 4.74 Å². The second kappa shape index (κ2) is 6.21. The van der Waals surface area contributed by atoms with E-state index >= 15 is 0 Å². The number of benzene rings is 4. The standard InChI is InChI=1S/C23H18O/c1-24-23-16-7-6-14-22(23)21-13-5-4-12-20(21)19-15-8-10-17-9-2-3-11-18(17)19/h2-16H,1H3. The molecule has 0 heterocycles. The lowest BCUT2D eigenvalue weighted by Gasteiger charge is -2.15. The van der Waals surface area contributed by atoms with Gasteiger partial charge in [-0.05, 0) is 33.5 Å². The van der Waals surface area contributed by atoms with Gasteiger partial charge in [0.05, 0.1) is 7.11 Å². The summed E-state index contributed by atoms with van der Waals surface area (Å²) < 4.78 is 5.58. The minimum atomic E-state index is 0.894. The Morgan fingerprint density at radius 3 is 1.83 bits per heavy atom. The zero-order chi connectivity index (χ0) is 16.4. The van der Waals surface area contributed by atoms with E-state index in [0.717, 1.165) is 11.3 Å². The molecule has 4 aromatic carbocycles. The largest absolute Gasteiger partial charge is 0.496 e. The average Bonchev–Trinajstić information content (AvgIpc) is 2.67. The molecule has 0 aliphatic rings. The van der Waals surface area contributed by atoms with Crippen molar-refractivity contribution in [3.8, 4) is 28.0 Å². The minimum Gasteiger partial charge on any atom is -0.496 e. The van der Waals surface area contributed by atoms with Crippen molar-refractivity contribution >= 4 is 10.8 Å². The summed E-state index contributed by atoms with van der Waals surface area (Å²) in [6.07, 6.45) is 0. The summed E-state index contributed by atoms with van der Waals surface area (Å²) in [5.74, 6) is 0.894. The maximum Gasteiger partial charge on any atom is 0.126 e. The number of ether oxygens (including phenoxy) is 1. The molecule has 0 fully saturated rings. The summed E-state index contributed by atoms with van der Waals surface area (Å²) in [5.41, 5.74) is 4.77. The predicted molar refractivity (Wildman–Crippen MR) is 101 cm³/mol. The van der Waals surface area contributed by atoms with Crippen LogP contribution in [-0.4, -0.2) is 7.11 Å². The lowest BCUT2D eigenvalue weighted by molar-refractivity contribution is 0.416. The van der Waals surface area contributed by atoms with Crippen molar-refractivity contribution in [2.24, 2.45) is 0 Å². The molecule has 0 radical (unpaired) electrons. The van der Waals surface area contributed by atoms with Crippen LogP contribution in [0.5, 0.6) is 5.75 Å². The molecule has 0 amide bonds. The summed E-state index contributed by atoms with van der Waals surface area (Å²) in [4.78, 5) is 0. The first-order valence-electron chi connectivity index (χ1n) is 8.09. The Morgan fingerprint density at radius 1 is 0.500 bits per heavy atom. The van der Waals surface area contributed by atoms with Crippen LogP contribution in [-0.2, 0) is 0 Å². The van der Waals surface area contributed by atoms with E-state index in [9.17, 15) is 0 Å². The molecule has 0 atom stereocenters. The van der Waals surface area contributed by atoms with E-state index < -0.39 is 0 Å². The van der Waals surface area contributed by atoms with Gasteiger partial charge < -0.3 is 4.74 Å². The van der Waals surface area contributed by atoms with E-state index in [4.69, 9.17) is 4.74 Å². The van der Waals surface area contributed by atoms with Gasteiger partial charge in [-0.15, -0.1) is 0 Å². The monoisotopic (exact) mass is 310 g/mol. The second-order valence-electron chi connectivity index (χ2n) is 5.77. The highest BCUT2D eigenvalue weighted by Crippen LogP contribution is 2.39. The molecule has 0 N–H and O–H groups in total. The van der Waals surface area contributed by atoms with Gasteiger partial charge in [0.2, 0.25) is 0 Å². The zero-order valence-corrected chi connectivity index (χ0v) is 13.6. The van der Waals surface area contributed by atoms with Gasteiger partial charge in [0.1, 0.15) is 5.75 Å². The SMILES string of the molecule is COc1ccccc1-c1ccccc1-c1cccc2ccccc12. The van der Waals surface area contributed by atoms with Gasteiger partial charge in [-0.25, -0.2) is 0 Å². The molecule has 0 unspecified atom stereocenters. The van der Waals surface area contributed by atoms with Crippen molar-refractivity contribution in [1.29, 1.82) is 0 Å². The molecule has 0 aliphatic heterocycles. The van der Waals surface area contributed by atoms with Crippen LogP contribution in [0.1, 0.15) is 0 Å². The van der Waals surface area contributed by atoms with Crippen LogP contribution in [0, 0.1) is 0 Å². The fourth-order valence-electron chi connectivity index (χ4n) is 3.28. The second-order valence-corrected chi connectivity index (χ2v) is 5.77. The molecular weight excluding hydrogens is 292 g/mol. The summed E-state index contributed by atoms with van der Waals surface area (Å²) in [6.45, 7) is 0. The van der Waals surface area contributed by atoms with Crippen molar-refractivity contribution in [1.82, 2.24) is 0 Å². The fraction of sp³-hybridized carbons (Fsp3) is 0.0435. The first kappa shape index (κ1) is 14.5. The first-order valence-corrected chi connectivity index (χ1v) is 8.09. The third-order valence-corrected chi connectivity index (χ3v) is 4.40. The molecule has 1 heteroatoms. The Kier molecular flexibility index (Phi) is 3.76. The lowest BCUT2D eigenvalue weighted by atomic mass is 9.91. The van der Waals surface area contributed by atoms with E-state index in [1.807, 2.05) is 12.1 Å². The van der Waals surface area contributed by atoms with E-state index in [-0.39, 0.29) is 0 Å². The van der Waals surface area contributed by atoms with Crippen LogP contribution in [0.4, 0.5) is 0 Å². The third kappa shape index (κ3) is 2.44. The Morgan fingerprint density at radius 2 is 1.04 bits per heavy atom. The van der Waals surface area contributed by atoms with Crippen LogP contribution in [0.3, 0.4) is 0 Å². The van der Waals surface area contributed by atoms with Crippen LogP contribution in [0.2, 0.25) is 0 Å². The molecule has 0 bridgehead atoms. The Hall–Kier alpha value is -3.06. The van der Waals surface area contributed by atoms with Gasteiger partial charge in [-0.3, -0.25) is 0 Å². The summed E-state index contributed by atoms with van der Waals surface area (Å²) >= 11 is 0. The van der Waals surface area contributed by atoms with Crippen LogP contribution in [0.15, 0.2) is 91.0 Å². The van der Waals surface area contributed by atoms with Gasteiger partial charge in [0.15, 0.2) is 0 Å². The maximum absolute atomic E-state index is 5.58. The fourth-order valence-corrected chi connectivity index (χ4v) is 3.28. The normalized spacial score (nSPS) is 10.7. The molecule has 1 nitrogen and oxygen atoms in total. The maximum atomic E-state index is 5.58. The highest BCUT2D eigenvalue weighted by molar-refractivity contribution is 6.00. The minimum absolute atomic E-state index is 0.894. The number of fused-ring (bicyclic) bond motifs is 1. The van der Waals surface area contributed by atoms with Gasteiger partial charge in [-0.2, -0.15) is 0 Å². The summed E-state index contributed by atoms with van der Waals surface area (Å²) in [7, 11) is 1.72. The first-order chi connectivity index (χ1) is 11.9. The average molecular weight is 310 g/mol. The number of methoxy groups -OCH3 is 1. The van der Waals surface area contributed by atoms with Crippen molar-refractivity contribution in [3.05, 3.63) is 91.0 Å². The third-order valence-electron chi connectivity index (χ3n) is 4.40. The van der Waals surface area contributed by atoms with Gasteiger partial charge >= 0.3 is 0 Å². The predicted octanol–water partition coefficient (Wildman–Crippen LogP) is 6.18. The van der Waals surface area contributed by atoms with Crippen LogP contribution >= 0.6 is 0 Å². The summed E-state index contributed by atoms with van der Waals surface area (Å²) in [6, 6.07) is 31.7. The number of hydrogen-bond donors (Lipinski definition) is 0. The van der Waals surface area contributed by atoms with Gasteiger partial charge in [-0.1, -0.05) is 84.9 Å². The highest BCUT2D eigenvalue weighted by atomic mass is 16.5. The number of hydrogen-bond acceptors (Lipinski definition) is 1. The van der Waals surface area contributed by atoms with E-state index in [2.05, 4.69) is 78.9 Å². The van der Waals surface area contributed by atoms with Crippen molar-refractivity contribution in [2.75, 3.05) is 7.11 Å². The van der Waals surface area contributed by atoms with Gasteiger partial charge in [0, 0.05) is 5.56 Å². The van der Waals surface area contributed by atoms with E-state index in [1.54, 1.807) is 7.11 Å². The highest BCUT2D eigenvalue weighted by Gasteiger charge is 2.12. The summed E-state index contributed by atoms with van der Waals surface area (Å²) in [5, 5.41) is 2.52. The molecule has 0 spiro atoms. The van der Waals surface area contributed by atoms with Gasteiger partial charge in [0.25, 0.3) is 0 Å². The van der Waals surface area contributed by atoms with Crippen molar-refractivity contribution in [3.63, 3.8) is 0 Å². The number of para-hydroxylation sites is 1. The zero-order valence-electron chi connectivity index (χ0n) is 13.6. The Bertz CT molecular complexity index is 996. The molecule has 24 heavy (non-hydrogen) atoms.